The average Bonchev–Trinajstić information content (AvgIpc) is 3.40. The van der Waals surface area contributed by atoms with Gasteiger partial charge in [0.2, 0.25) is 29.5 Å². The van der Waals surface area contributed by atoms with Crippen molar-refractivity contribution in [2.75, 3.05) is 38.5 Å². The number of carbonyl (C=O) groups excluding carboxylic acids is 5. The molecule has 0 spiro atoms. The summed E-state index contributed by atoms with van der Waals surface area (Å²) in [6.07, 6.45) is 8.66. The van der Waals surface area contributed by atoms with Gasteiger partial charge in [-0.25, -0.2) is 0 Å². The molecular formula is C37H65N5O9S3. The lowest BCUT2D eigenvalue weighted by Gasteiger charge is -2.40. The van der Waals surface area contributed by atoms with Crippen LogP contribution in [0.15, 0.2) is 0 Å². The molecule has 0 bridgehead atoms. The maximum Gasteiger partial charge on any atom is 0.242 e. The zero-order valence-electron chi connectivity index (χ0n) is 31.8. The Hall–Kier alpha value is -1.60. The van der Waals surface area contributed by atoms with Gasteiger partial charge in [-0.15, -0.1) is 23.5 Å². The van der Waals surface area contributed by atoms with Gasteiger partial charge in [0.05, 0.1) is 17.9 Å². The molecule has 3 fully saturated rings. The maximum atomic E-state index is 12.7. The van der Waals surface area contributed by atoms with Crippen LogP contribution in [-0.2, 0) is 28.7 Å². The normalized spacial score (nSPS) is 27.9. The molecule has 0 aromatic rings. The van der Waals surface area contributed by atoms with Gasteiger partial charge in [0.15, 0.2) is 0 Å². The molecule has 14 nitrogen and oxygen atoms in total. The van der Waals surface area contributed by atoms with Crippen LogP contribution in [0, 0.1) is 11.8 Å². The number of aliphatic hydroxyl groups is 3. The number of imide groups is 1. The number of carbonyl (C=O) groups is 5. The minimum absolute atomic E-state index is 0.00227. The van der Waals surface area contributed by atoms with Gasteiger partial charge >= 0.3 is 0 Å². The third-order valence-corrected chi connectivity index (χ3v) is 13.1. The molecule has 0 aromatic heterocycles. The molecule has 3 rings (SSSR count). The lowest BCUT2D eigenvalue weighted by Crippen LogP contribution is -2.60. The summed E-state index contributed by atoms with van der Waals surface area (Å²) in [5, 5.41) is 37.9. The van der Waals surface area contributed by atoms with Crippen LogP contribution in [0.5, 0.6) is 0 Å². The van der Waals surface area contributed by atoms with E-state index in [-0.39, 0.29) is 64.2 Å². The summed E-state index contributed by atoms with van der Waals surface area (Å²) in [6.45, 7) is 3.75. The van der Waals surface area contributed by atoms with Crippen LogP contribution >= 0.6 is 36.2 Å². The van der Waals surface area contributed by atoms with Crippen molar-refractivity contribution in [3.05, 3.63) is 0 Å². The number of hydrogen-bond acceptors (Lipinski definition) is 13. The van der Waals surface area contributed by atoms with Gasteiger partial charge in [-0.05, 0) is 82.8 Å². The van der Waals surface area contributed by atoms with Crippen molar-refractivity contribution in [2.24, 2.45) is 17.6 Å². The molecule has 2 heterocycles. The summed E-state index contributed by atoms with van der Waals surface area (Å²) >= 11 is 7.22. The van der Waals surface area contributed by atoms with Gasteiger partial charge in [-0.2, -0.15) is 12.6 Å². The molecular weight excluding hydrogens is 755 g/mol. The molecule has 2 saturated heterocycles. The number of hydrogen-bond donors (Lipinski definition) is 8. The van der Waals surface area contributed by atoms with E-state index in [0.29, 0.717) is 39.0 Å². The largest absolute Gasteiger partial charge is 0.394 e. The molecule has 1 saturated carbocycles. The Labute approximate surface area is 334 Å². The summed E-state index contributed by atoms with van der Waals surface area (Å²) in [6, 6.07) is -0.727. The van der Waals surface area contributed by atoms with Crippen molar-refractivity contribution >= 4 is 65.7 Å². The fourth-order valence-electron chi connectivity index (χ4n) is 7.07. The number of nitrogens with two attached hydrogens (primary N) is 1. The average molecular weight is 820 g/mol. The highest BCUT2D eigenvalue weighted by atomic mass is 32.2. The number of ether oxygens (including phenoxy) is 1. The molecule has 0 radical (unpaired) electrons. The number of nitrogens with zero attached hydrogens (tertiary/aromatic N) is 1. The van der Waals surface area contributed by atoms with Gasteiger partial charge in [-0.1, -0.05) is 19.3 Å². The molecule has 17 heteroatoms. The Kier molecular flexibility index (Phi) is 22.2. The molecule has 8 N–H and O–H groups in total. The highest BCUT2D eigenvalue weighted by Gasteiger charge is 2.43. The van der Waals surface area contributed by atoms with E-state index >= 15 is 0 Å². The summed E-state index contributed by atoms with van der Waals surface area (Å²) in [5.41, 5.74) is 5.47. The van der Waals surface area contributed by atoms with Crippen molar-refractivity contribution in [1.29, 1.82) is 0 Å². The number of nitrogens with one attached hydrogen (secondary N) is 3. The monoisotopic (exact) mass is 819 g/mol. The van der Waals surface area contributed by atoms with Crippen molar-refractivity contribution in [3.63, 3.8) is 0 Å². The first-order valence-electron chi connectivity index (χ1n) is 19.9. The second kappa shape index (κ2) is 25.6. The van der Waals surface area contributed by atoms with Gasteiger partial charge in [-0.3, -0.25) is 28.9 Å². The highest BCUT2D eigenvalue weighted by Crippen LogP contribution is 2.34. The van der Waals surface area contributed by atoms with E-state index in [1.807, 2.05) is 6.92 Å². The van der Waals surface area contributed by atoms with Crippen molar-refractivity contribution < 1.29 is 44.0 Å². The third kappa shape index (κ3) is 16.5. The van der Waals surface area contributed by atoms with Crippen molar-refractivity contribution in [1.82, 2.24) is 20.9 Å². The first-order chi connectivity index (χ1) is 25.9. The van der Waals surface area contributed by atoms with E-state index in [9.17, 15) is 39.3 Å². The predicted molar refractivity (Wildman–Crippen MR) is 215 cm³/mol. The van der Waals surface area contributed by atoms with Crippen LogP contribution in [0.25, 0.3) is 0 Å². The molecule has 2 aliphatic heterocycles. The maximum absolute atomic E-state index is 12.7. The Bertz CT molecular complexity index is 1180. The fraction of sp³-hybridized carbons (Fsp3) is 0.865. The molecule has 5 unspecified atom stereocenters. The Morgan fingerprint density at radius 1 is 0.870 bits per heavy atom. The lowest BCUT2D eigenvalue weighted by atomic mass is 9.81. The second-order valence-electron chi connectivity index (χ2n) is 14.8. The van der Waals surface area contributed by atoms with Crippen LogP contribution in [0.3, 0.4) is 0 Å². The number of unbranched alkanes of at least 4 members (excludes halogenated alkanes) is 6. The van der Waals surface area contributed by atoms with Crippen molar-refractivity contribution in [2.45, 2.75) is 149 Å². The van der Waals surface area contributed by atoms with Crippen LogP contribution in [0.4, 0.5) is 0 Å². The molecule has 5 amide bonds. The highest BCUT2D eigenvalue weighted by molar-refractivity contribution is 8.11. The molecule has 310 valence electrons. The Morgan fingerprint density at radius 3 is 2.02 bits per heavy atom. The van der Waals surface area contributed by atoms with E-state index in [0.717, 1.165) is 89.2 Å². The quantitative estimate of drug-likeness (QED) is 0.0287. The van der Waals surface area contributed by atoms with Gasteiger partial charge in [0.25, 0.3) is 0 Å². The number of likely N-dealkylation sites (tertiary alicyclic amines) is 1. The molecule has 7 atom stereocenters. The third-order valence-electron chi connectivity index (χ3n) is 10.4. The second-order valence-corrected chi connectivity index (χ2v) is 18.7. The lowest BCUT2D eigenvalue weighted by molar-refractivity contribution is -0.165. The fourth-order valence-corrected chi connectivity index (χ4v) is 9.68. The summed E-state index contributed by atoms with van der Waals surface area (Å²) in [4.78, 5) is 63.5. The van der Waals surface area contributed by atoms with Crippen LogP contribution < -0.4 is 21.7 Å². The number of thiol groups is 1. The van der Waals surface area contributed by atoms with Crippen LogP contribution in [-0.4, -0.2) is 128 Å². The zero-order chi connectivity index (χ0) is 39.5. The minimum atomic E-state index is -1.20. The topological polar surface area (TPSA) is 221 Å². The van der Waals surface area contributed by atoms with Crippen LogP contribution in [0.1, 0.15) is 110 Å². The number of rotatable bonds is 25. The number of amides is 5. The molecule has 3 aliphatic rings. The predicted octanol–water partition coefficient (Wildman–Crippen LogP) is 2.07. The first kappa shape index (κ1) is 46.8. The number of aliphatic hydroxyl groups excluding tert-OH is 3. The summed E-state index contributed by atoms with van der Waals surface area (Å²) in [7, 11) is 0. The van der Waals surface area contributed by atoms with E-state index < -0.39 is 29.8 Å². The molecule has 0 aromatic carbocycles. The smallest absolute Gasteiger partial charge is 0.242 e. The van der Waals surface area contributed by atoms with E-state index in [1.165, 1.54) is 28.4 Å². The Balaban J connectivity index is 1.08. The minimum Gasteiger partial charge on any atom is -0.394 e. The zero-order valence-corrected chi connectivity index (χ0v) is 34.4. The van der Waals surface area contributed by atoms with E-state index in [4.69, 9.17) is 10.5 Å². The summed E-state index contributed by atoms with van der Waals surface area (Å²) < 4.78 is 5.61. The summed E-state index contributed by atoms with van der Waals surface area (Å²) in [5.74, 6) is 0.872. The van der Waals surface area contributed by atoms with Gasteiger partial charge < -0.3 is 41.7 Å². The standard InChI is InChI=1S/C37H65N5O9S3/c1-24(52)54-28-21-31(46)42(36(28)50)22-25-13-15-26(16-14-25)35(49)41-19-8-3-6-12-29(44)39-17-7-2-5-11-30(45)40-18-9-4-10-20-53-37-32(38)34(48)33(47)27(23-43)51-37/h24-28,32-34,37,43,47-48,52H,2-23,38H2,1H3,(H,39,44)(H,40,45)(H,41,49)/t24?,25?,26?,27?,28?,32?,33-,34?,37-/m0/s1. The van der Waals surface area contributed by atoms with E-state index in [1.54, 1.807) is 0 Å². The molecule has 54 heavy (non-hydrogen) atoms. The van der Waals surface area contributed by atoms with Gasteiger partial charge in [0.1, 0.15) is 23.7 Å². The first-order valence-corrected chi connectivity index (χ1v) is 22.4. The SMILES string of the molecule is CC(S)SC1CC(=O)N(CC2CCC(C(=O)NCCCCCC(=O)NCCCCCC(=O)NCCCCCS[C@@H]3OC(CO)[C@H](O)C(O)C3N)CC2)C1=O. The van der Waals surface area contributed by atoms with E-state index in [2.05, 4.69) is 28.6 Å². The number of thioether (sulfide) groups is 2. The van der Waals surface area contributed by atoms with Crippen molar-refractivity contribution in [3.8, 4) is 0 Å². The van der Waals surface area contributed by atoms with Gasteiger partial charge in [0, 0.05) is 55.9 Å². The molecule has 1 aliphatic carbocycles. The Morgan fingerprint density at radius 2 is 1.44 bits per heavy atom. The van der Waals surface area contributed by atoms with Crippen LogP contribution in [0.2, 0.25) is 0 Å².